The normalized spacial score (nSPS) is 27.1. The molecule has 0 aliphatic carbocycles. The van der Waals surface area contributed by atoms with Crippen molar-refractivity contribution >= 4 is 22.0 Å². The third-order valence-electron chi connectivity index (χ3n) is 3.65. The number of aromatic amines is 1. The minimum absolute atomic E-state index is 0.0719. The molecule has 20 heavy (non-hydrogen) atoms. The van der Waals surface area contributed by atoms with Gasteiger partial charge in [-0.2, -0.15) is 9.40 Å². The molecule has 2 saturated heterocycles. The highest BCUT2D eigenvalue weighted by Crippen LogP contribution is 2.29. The maximum Gasteiger partial charge on any atom is 0.322 e. The number of rotatable bonds is 2. The summed E-state index contributed by atoms with van der Waals surface area (Å²) in [6.45, 7) is 1.70. The fourth-order valence-corrected chi connectivity index (χ4v) is 4.15. The van der Waals surface area contributed by atoms with Gasteiger partial charge in [0.15, 0.2) is 0 Å². The van der Waals surface area contributed by atoms with E-state index in [1.165, 1.54) is 10.5 Å². The first-order valence-corrected chi connectivity index (χ1v) is 7.43. The Bertz CT molecular complexity index is 696. The van der Waals surface area contributed by atoms with Crippen molar-refractivity contribution in [2.45, 2.75) is 23.8 Å². The Labute approximate surface area is 114 Å². The van der Waals surface area contributed by atoms with E-state index in [0.29, 0.717) is 5.69 Å². The number of hydrogen-bond donors (Lipinski definition) is 3. The fourth-order valence-electron chi connectivity index (χ4n) is 2.53. The topological polar surface area (TPSA) is 124 Å². The molecule has 3 N–H and O–H groups in total. The molecular weight excluding hydrogens is 286 g/mol. The second-order valence-electron chi connectivity index (χ2n) is 4.94. The number of imide groups is 1. The summed E-state index contributed by atoms with van der Waals surface area (Å²) in [5.41, 5.74) is -0.715. The Kier molecular flexibility index (Phi) is 2.63. The molecule has 1 aromatic heterocycles. The van der Waals surface area contributed by atoms with E-state index in [0.717, 1.165) is 0 Å². The summed E-state index contributed by atoms with van der Waals surface area (Å²) in [7, 11) is -3.72. The molecule has 108 valence electrons. The zero-order chi connectivity index (χ0) is 14.5. The van der Waals surface area contributed by atoms with E-state index in [9.17, 15) is 18.0 Å². The molecule has 2 aliphatic heterocycles. The van der Waals surface area contributed by atoms with Crippen molar-refractivity contribution in [1.82, 2.24) is 25.1 Å². The van der Waals surface area contributed by atoms with Gasteiger partial charge >= 0.3 is 6.03 Å². The standard InChI is InChI=1S/C10H13N5O4S/c1-6-7(4-11-14-6)20(18,19)15-3-2-10(5-15)8(16)12-9(17)13-10/h4H,2-3,5H2,1H3,(H,11,14)(H2,12,13,16,17). The van der Waals surface area contributed by atoms with E-state index in [-0.39, 0.29) is 24.4 Å². The van der Waals surface area contributed by atoms with Gasteiger partial charge in [0, 0.05) is 13.1 Å². The van der Waals surface area contributed by atoms with E-state index in [1.807, 2.05) is 0 Å². The molecule has 3 rings (SSSR count). The zero-order valence-electron chi connectivity index (χ0n) is 10.6. The largest absolute Gasteiger partial charge is 0.322 e. The monoisotopic (exact) mass is 299 g/mol. The van der Waals surface area contributed by atoms with Gasteiger partial charge in [0.2, 0.25) is 10.0 Å². The van der Waals surface area contributed by atoms with Gasteiger partial charge in [-0.25, -0.2) is 13.2 Å². The third-order valence-corrected chi connectivity index (χ3v) is 5.61. The molecule has 3 amide bonds. The lowest BCUT2D eigenvalue weighted by Gasteiger charge is -2.20. The Morgan fingerprint density at radius 3 is 2.70 bits per heavy atom. The summed E-state index contributed by atoms with van der Waals surface area (Å²) in [5.74, 6) is -0.482. The van der Waals surface area contributed by atoms with Crippen LogP contribution in [0.2, 0.25) is 0 Å². The Morgan fingerprint density at radius 1 is 1.40 bits per heavy atom. The second-order valence-corrected chi connectivity index (χ2v) is 6.84. The lowest BCUT2D eigenvalue weighted by Crippen LogP contribution is -2.49. The number of aromatic nitrogens is 2. The van der Waals surface area contributed by atoms with Crippen molar-refractivity contribution in [2.24, 2.45) is 0 Å². The number of sulfonamides is 1. The minimum Gasteiger partial charge on any atom is -0.322 e. The van der Waals surface area contributed by atoms with Crippen LogP contribution in [0.5, 0.6) is 0 Å². The quantitative estimate of drug-likeness (QED) is 0.585. The van der Waals surface area contributed by atoms with Crippen LogP contribution in [-0.2, 0) is 14.8 Å². The molecule has 3 heterocycles. The summed E-state index contributed by atoms with van der Waals surface area (Å²) in [6.07, 6.45) is 1.49. The molecule has 0 aromatic carbocycles. The summed E-state index contributed by atoms with van der Waals surface area (Å²) < 4.78 is 26.1. The van der Waals surface area contributed by atoms with Gasteiger partial charge in [-0.3, -0.25) is 15.2 Å². The molecule has 1 aromatic rings. The summed E-state index contributed by atoms with van der Waals surface area (Å²) in [4.78, 5) is 23.1. The van der Waals surface area contributed by atoms with Gasteiger partial charge < -0.3 is 5.32 Å². The van der Waals surface area contributed by atoms with Crippen molar-refractivity contribution in [2.75, 3.05) is 13.1 Å². The average Bonchev–Trinajstić information content (AvgIpc) is 3.02. The molecule has 2 fully saturated rings. The van der Waals surface area contributed by atoms with Crippen molar-refractivity contribution < 1.29 is 18.0 Å². The van der Waals surface area contributed by atoms with E-state index < -0.39 is 27.5 Å². The lowest BCUT2D eigenvalue weighted by molar-refractivity contribution is -0.123. The maximum atomic E-state index is 12.5. The lowest BCUT2D eigenvalue weighted by atomic mass is 10.00. The molecule has 0 saturated carbocycles. The first kappa shape index (κ1) is 13.1. The van der Waals surface area contributed by atoms with Crippen molar-refractivity contribution in [3.05, 3.63) is 11.9 Å². The number of carbonyl (C=O) groups is 2. The second kappa shape index (κ2) is 4.03. The van der Waals surface area contributed by atoms with Gasteiger partial charge in [0.05, 0.1) is 11.9 Å². The zero-order valence-corrected chi connectivity index (χ0v) is 11.5. The maximum absolute atomic E-state index is 12.5. The predicted octanol–water partition coefficient (Wildman–Crippen LogP) is -1.31. The van der Waals surface area contributed by atoms with Crippen molar-refractivity contribution in [1.29, 1.82) is 0 Å². The first-order valence-electron chi connectivity index (χ1n) is 5.99. The van der Waals surface area contributed by atoms with Crippen LogP contribution in [0.4, 0.5) is 4.79 Å². The SMILES string of the molecule is Cc1[nH]ncc1S(=O)(=O)N1CCC2(C1)NC(=O)NC2=O. The average molecular weight is 299 g/mol. The summed E-state index contributed by atoms with van der Waals surface area (Å²) in [6, 6.07) is -0.589. The van der Waals surface area contributed by atoms with Gasteiger partial charge in [0.1, 0.15) is 10.4 Å². The first-order chi connectivity index (χ1) is 9.35. The van der Waals surface area contributed by atoms with Gasteiger partial charge in [0.25, 0.3) is 5.91 Å². The highest BCUT2D eigenvalue weighted by Gasteiger charge is 2.53. The third kappa shape index (κ3) is 1.72. The number of nitrogens with zero attached hydrogens (tertiary/aromatic N) is 2. The number of urea groups is 1. The van der Waals surface area contributed by atoms with Crippen LogP contribution in [0, 0.1) is 6.92 Å². The van der Waals surface area contributed by atoms with Crippen LogP contribution < -0.4 is 10.6 Å². The van der Waals surface area contributed by atoms with Gasteiger partial charge in [-0.15, -0.1) is 0 Å². The van der Waals surface area contributed by atoms with Crippen LogP contribution in [-0.4, -0.2) is 53.5 Å². The van der Waals surface area contributed by atoms with Crippen LogP contribution >= 0.6 is 0 Å². The highest BCUT2D eigenvalue weighted by atomic mass is 32.2. The van der Waals surface area contributed by atoms with Crippen molar-refractivity contribution in [3.63, 3.8) is 0 Å². The molecule has 9 nitrogen and oxygen atoms in total. The number of H-pyrrole nitrogens is 1. The molecular formula is C10H13N5O4S. The van der Waals surface area contributed by atoms with Gasteiger partial charge in [-0.05, 0) is 13.3 Å². The number of aryl methyl sites for hydroxylation is 1. The summed E-state index contributed by atoms with van der Waals surface area (Å²) >= 11 is 0. The van der Waals surface area contributed by atoms with E-state index >= 15 is 0 Å². The highest BCUT2D eigenvalue weighted by molar-refractivity contribution is 7.89. The van der Waals surface area contributed by atoms with Gasteiger partial charge in [-0.1, -0.05) is 0 Å². The number of hydrogen-bond acceptors (Lipinski definition) is 5. The fraction of sp³-hybridized carbons (Fsp3) is 0.500. The molecule has 10 heteroatoms. The Morgan fingerprint density at radius 2 is 2.15 bits per heavy atom. The number of carbonyl (C=O) groups excluding carboxylic acids is 2. The van der Waals surface area contributed by atoms with E-state index in [4.69, 9.17) is 0 Å². The minimum atomic E-state index is -3.72. The van der Waals surface area contributed by atoms with Crippen LogP contribution in [0.25, 0.3) is 0 Å². The molecule has 1 spiro atoms. The Hall–Kier alpha value is -1.94. The molecule has 0 radical (unpaired) electrons. The smallest absolute Gasteiger partial charge is 0.322 e. The molecule has 1 atom stereocenters. The van der Waals surface area contributed by atoms with Crippen LogP contribution in [0.1, 0.15) is 12.1 Å². The van der Waals surface area contributed by atoms with Crippen molar-refractivity contribution in [3.8, 4) is 0 Å². The van der Waals surface area contributed by atoms with Crippen LogP contribution in [0.15, 0.2) is 11.1 Å². The number of amides is 3. The molecule has 2 aliphatic rings. The number of nitrogens with one attached hydrogen (secondary N) is 3. The molecule has 1 unspecified atom stereocenters. The summed E-state index contributed by atoms with van der Waals surface area (Å²) in [5, 5.41) is 10.9. The Balaban J connectivity index is 1.90. The predicted molar refractivity (Wildman–Crippen MR) is 66.1 cm³/mol. The van der Waals surface area contributed by atoms with E-state index in [1.54, 1.807) is 6.92 Å². The van der Waals surface area contributed by atoms with Crippen LogP contribution in [0.3, 0.4) is 0 Å². The molecule has 0 bridgehead atoms. The van der Waals surface area contributed by atoms with E-state index in [2.05, 4.69) is 20.8 Å².